The zero-order valence-corrected chi connectivity index (χ0v) is 14.0. The lowest BCUT2D eigenvalue weighted by Crippen LogP contribution is -2.31. The van der Waals surface area contributed by atoms with Crippen LogP contribution in [0.15, 0.2) is 41.1 Å². The Kier molecular flexibility index (Phi) is 5.19. The average molecular weight is 377 g/mol. The van der Waals surface area contributed by atoms with Crippen LogP contribution < -0.4 is 10.6 Å². The highest BCUT2D eigenvalue weighted by Crippen LogP contribution is 2.18. The molecule has 2 aromatic rings. The number of aromatic nitrogens is 2. The third kappa shape index (κ3) is 4.49. The Hall–Kier alpha value is -1.99. The van der Waals surface area contributed by atoms with E-state index in [2.05, 4.69) is 36.5 Å². The van der Waals surface area contributed by atoms with Crippen LogP contribution in [0.2, 0.25) is 0 Å². The Morgan fingerprint density at radius 1 is 1.35 bits per heavy atom. The van der Waals surface area contributed by atoms with E-state index < -0.39 is 0 Å². The molecule has 1 aromatic carbocycles. The molecule has 0 radical (unpaired) electrons. The van der Waals surface area contributed by atoms with Gasteiger partial charge < -0.3 is 15.4 Å². The number of halogens is 1. The molecule has 0 bridgehead atoms. The van der Waals surface area contributed by atoms with E-state index in [1.807, 2.05) is 24.3 Å². The molecule has 2 heterocycles. The van der Waals surface area contributed by atoms with E-state index in [1.54, 1.807) is 0 Å². The van der Waals surface area contributed by atoms with Gasteiger partial charge in [0, 0.05) is 35.7 Å². The second-order valence-corrected chi connectivity index (χ2v) is 6.19. The van der Waals surface area contributed by atoms with Gasteiger partial charge in [-0.3, -0.25) is 4.79 Å². The lowest BCUT2D eigenvalue weighted by molar-refractivity contribution is 0.0857. The molecule has 23 heavy (non-hydrogen) atoms. The van der Waals surface area contributed by atoms with Gasteiger partial charge in [-0.15, -0.1) is 0 Å². The van der Waals surface area contributed by atoms with Crippen LogP contribution in [0, 0.1) is 0 Å². The summed E-state index contributed by atoms with van der Waals surface area (Å²) in [5.41, 5.74) is 1.30. The Bertz CT molecular complexity index is 672. The number of nitrogens with zero attached hydrogens (tertiary/aromatic N) is 2. The molecule has 6 nitrogen and oxygen atoms in total. The Morgan fingerprint density at radius 2 is 2.17 bits per heavy atom. The van der Waals surface area contributed by atoms with Crippen LogP contribution in [0.3, 0.4) is 0 Å². The maximum atomic E-state index is 12.0. The summed E-state index contributed by atoms with van der Waals surface area (Å²) in [5, 5.41) is 5.93. The van der Waals surface area contributed by atoms with Crippen molar-refractivity contribution in [3.63, 3.8) is 0 Å². The van der Waals surface area contributed by atoms with Gasteiger partial charge in [0.1, 0.15) is 0 Å². The van der Waals surface area contributed by atoms with Crippen molar-refractivity contribution in [1.29, 1.82) is 0 Å². The molecule has 1 amide bonds. The van der Waals surface area contributed by atoms with Gasteiger partial charge in [-0.2, -0.15) is 0 Å². The van der Waals surface area contributed by atoms with Gasteiger partial charge in [0.05, 0.1) is 11.7 Å². The van der Waals surface area contributed by atoms with E-state index in [-0.39, 0.29) is 12.0 Å². The molecule has 3 rings (SSSR count). The van der Waals surface area contributed by atoms with Crippen LogP contribution in [0.4, 0.5) is 11.6 Å². The number of carbonyl (C=O) groups is 1. The maximum absolute atomic E-state index is 12.0. The van der Waals surface area contributed by atoms with Crippen LogP contribution in [0.5, 0.6) is 0 Å². The number of carbonyl (C=O) groups excluding carboxylic acids is 1. The quantitative estimate of drug-likeness (QED) is 0.838. The normalized spacial score (nSPS) is 17.0. The number of rotatable bonds is 5. The van der Waals surface area contributed by atoms with Crippen LogP contribution in [0.25, 0.3) is 0 Å². The van der Waals surface area contributed by atoms with Crippen molar-refractivity contribution in [3.8, 4) is 0 Å². The molecule has 7 heteroatoms. The van der Waals surface area contributed by atoms with Gasteiger partial charge in [-0.05, 0) is 31.0 Å². The molecule has 1 aliphatic heterocycles. The molecule has 1 aliphatic rings. The topological polar surface area (TPSA) is 76.1 Å². The summed E-state index contributed by atoms with van der Waals surface area (Å²) in [6.45, 7) is 1.30. The van der Waals surface area contributed by atoms with Crippen LogP contribution in [-0.4, -0.2) is 35.1 Å². The van der Waals surface area contributed by atoms with Gasteiger partial charge in [0.2, 0.25) is 5.95 Å². The fraction of sp³-hybridized carbons (Fsp3) is 0.312. The number of hydrogen-bond acceptors (Lipinski definition) is 5. The molecule has 1 unspecified atom stereocenters. The molecule has 2 N–H and O–H groups in total. The first-order chi connectivity index (χ1) is 11.2. The minimum Gasteiger partial charge on any atom is -0.376 e. The monoisotopic (exact) mass is 376 g/mol. The van der Waals surface area contributed by atoms with Crippen molar-refractivity contribution in [1.82, 2.24) is 15.3 Å². The van der Waals surface area contributed by atoms with Crippen molar-refractivity contribution in [2.75, 3.05) is 18.5 Å². The molecule has 1 aromatic heterocycles. The first-order valence-electron chi connectivity index (χ1n) is 7.45. The van der Waals surface area contributed by atoms with Gasteiger partial charge in [0.15, 0.2) is 0 Å². The lowest BCUT2D eigenvalue weighted by atomic mass is 10.2. The second kappa shape index (κ2) is 7.52. The Labute approximate surface area is 142 Å². The van der Waals surface area contributed by atoms with E-state index >= 15 is 0 Å². The summed E-state index contributed by atoms with van der Waals surface area (Å²) < 4.78 is 6.44. The molecule has 1 atom stereocenters. The standard InChI is InChI=1S/C16H17BrN4O2/c17-12-3-1-4-13(7-12)21-16-19-8-11(9-20-16)15(22)18-10-14-5-2-6-23-14/h1,3-4,7-9,14H,2,5-6,10H2,(H,18,22)(H,19,20,21). The second-order valence-electron chi connectivity index (χ2n) is 5.28. The predicted molar refractivity (Wildman–Crippen MR) is 90.8 cm³/mol. The molecule has 1 saturated heterocycles. The molecule has 0 spiro atoms. The highest BCUT2D eigenvalue weighted by Gasteiger charge is 2.16. The molecular formula is C16H17BrN4O2. The van der Waals surface area contributed by atoms with E-state index in [4.69, 9.17) is 4.74 Å². The number of anilines is 2. The van der Waals surface area contributed by atoms with Gasteiger partial charge in [-0.1, -0.05) is 22.0 Å². The average Bonchev–Trinajstić information content (AvgIpc) is 3.07. The van der Waals surface area contributed by atoms with E-state index in [0.717, 1.165) is 29.6 Å². The fourth-order valence-corrected chi connectivity index (χ4v) is 2.72. The van der Waals surface area contributed by atoms with E-state index in [1.165, 1.54) is 12.4 Å². The molecule has 120 valence electrons. The zero-order valence-electron chi connectivity index (χ0n) is 12.5. The van der Waals surface area contributed by atoms with Gasteiger partial charge in [-0.25, -0.2) is 9.97 Å². The fourth-order valence-electron chi connectivity index (χ4n) is 2.32. The van der Waals surface area contributed by atoms with Gasteiger partial charge >= 0.3 is 0 Å². The summed E-state index contributed by atoms with van der Waals surface area (Å²) in [6.07, 6.45) is 5.19. The minimum absolute atomic E-state index is 0.123. The number of nitrogens with one attached hydrogen (secondary N) is 2. The molecule has 1 fully saturated rings. The lowest BCUT2D eigenvalue weighted by Gasteiger charge is -2.10. The summed E-state index contributed by atoms with van der Waals surface area (Å²) in [4.78, 5) is 20.4. The minimum atomic E-state index is -0.186. The first kappa shape index (κ1) is 15.9. The Morgan fingerprint density at radius 3 is 2.87 bits per heavy atom. The van der Waals surface area contributed by atoms with Crippen LogP contribution >= 0.6 is 15.9 Å². The van der Waals surface area contributed by atoms with Crippen molar-refractivity contribution >= 4 is 33.5 Å². The number of hydrogen-bond donors (Lipinski definition) is 2. The highest BCUT2D eigenvalue weighted by molar-refractivity contribution is 9.10. The van der Waals surface area contributed by atoms with Crippen molar-refractivity contribution in [2.45, 2.75) is 18.9 Å². The summed E-state index contributed by atoms with van der Waals surface area (Å²) in [5.74, 6) is 0.258. The van der Waals surface area contributed by atoms with Crippen molar-refractivity contribution in [3.05, 3.63) is 46.7 Å². The number of ether oxygens (including phenoxy) is 1. The third-order valence-electron chi connectivity index (χ3n) is 3.51. The van der Waals surface area contributed by atoms with Crippen molar-refractivity contribution < 1.29 is 9.53 Å². The first-order valence-corrected chi connectivity index (χ1v) is 8.24. The molecule has 0 aliphatic carbocycles. The van der Waals surface area contributed by atoms with E-state index in [0.29, 0.717) is 18.1 Å². The molecular weight excluding hydrogens is 360 g/mol. The smallest absolute Gasteiger partial charge is 0.254 e. The summed E-state index contributed by atoms with van der Waals surface area (Å²) in [6, 6.07) is 7.69. The van der Waals surface area contributed by atoms with Crippen LogP contribution in [-0.2, 0) is 4.74 Å². The van der Waals surface area contributed by atoms with E-state index in [9.17, 15) is 4.79 Å². The summed E-state index contributed by atoms with van der Waals surface area (Å²) >= 11 is 3.41. The highest BCUT2D eigenvalue weighted by atomic mass is 79.9. The number of amides is 1. The zero-order chi connectivity index (χ0) is 16.1. The predicted octanol–water partition coefficient (Wildman–Crippen LogP) is 2.89. The van der Waals surface area contributed by atoms with Crippen molar-refractivity contribution in [2.24, 2.45) is 0 Å². The number of benzene rings is 1. The largest absolute Gasteiger partial charge is 0.376 e. The summed E-state index contributed by atoms with van der Waals surface area (Å²) in [7, 11) is 0. The third-order valence-corrected chi connectivity index (χ3v) is 4.00. The SMILES string of the molecule is O=C(NCC1CCCO1)c1cnc(Nc2cccc(Br)c2)nc1. The van der Waals surface area contributed by atoms with Gasteiger partial charge in [0.25, 0.3) is 5.91 Å². The molecule has 0 saturated carbocycles. The Balaban J connectivity index is 1.56. The maximum Gasteiger partial charge on any atom is 0.254 e. The van der Waals surface area contributed by atoms with Crippen LogP contribution in [0.1, 0.15) is 23.2 Å².